The van der Waals surface area contributed by atoms with Gasteiger partial charge >= 0.3 is 0 Å². The van der Waals surface area contributed by atoms with Gasteiger partial charge < -0.3 is 0 Å². The third-order valence-corrected chi connectivity index (χ3v) is 8.72. The molecule has 0 aliphatic carbocycles. The van der Waals surface area contributed by atoms with Gasteiger partial charge in [-0.25, -0.2) is 0 Å². The highest BCUT2D eigenvalue weighted by molar-refractivity contribution is 5.77. The van der Waals surface area contributed by atoms with E-state index in [-0.39, 0.29) is 0 Å². The van der Waals surface area contributed by atoms with Crippen molar-refractivity contribution in [1.29, 1.82) is 0 Å². The third kappa shape index (κ3) is 4.47. The second-order valence-corrected chi connectivity index (χ2v) is 11.0. The van der Waals surface area contributed by atoms with Crippen molar-refractivity contribution in [2.45, 2.75) is 56.7 Å². The first-order valence-electron chi connectivity index (χ1n) is 13.6. The Morgan fingerprint density at radius 2 is 1.06 bits per heavy atom. The summed E-state index contributed by atoms with van der Waals surface area (Å²) in [5, 5.41) is 0. The maximum atomic E-state index is 5.01. The first-order valence-corrected chi connectivity index (χ1v) is 13.6. The van der Waals surface area contributed by atoms with Gasteiger partial charge in [0.15, 0.2) is 0 Å². The topological polar surface area (TPSA) is 48.4 Å². The molecule has 0 spiro atoms. The Balaban J connectivity index is 1.37. The molecule has 6 heterocycles. The van der Waals surface area contributed by atoms with Crippen molar-refractivity contribution in [3.8, 4) is 22.6 Å². The molecule has 0 saturated carbocycles. The summed E-state index contributed by atoms with van der Waals surface area (Å²) < 4.78 is 0. The molecule has 0 amide bonds. The summed E-state index contributed by atoms with van der Waals surface area (Å²) >= 11 is 0. The minimum atomic E-state index is 0.421. The number of rotatable bonds is 5. The summed E-state index contributed by atoms with van der Waals surface area (Å²) in [6.07, 6.45) is 13.5. The van der Waals surface area contributed by atoms with Gasteiger partial charge in [-0.1, -0.05) is 12.1 Å². The van der Waals surface area contributed by atoms with Gasteiger partial charge in [0.05, 0.1) is 17.1 Å². The molecule has 3 aromatic rings. The van der Waals surface area contributed by atoms with Crippen LogP contribution in [0.4, 0.5) is 0 Å². The highest BCUT2D eigenvalue weighted by atomic mass is 15.2. The first-order chi connectivity index (χ1) is 17.6. The molecule has 6 heteroatoms. The van der Waals surface area contributed by atoms with Gasteiger partial charge in [-0.05, 0) is 114 Å². The van der Waals surface area contributed by atoms with Gasteiger partial charge in [-0.3, -0.25) is 29.7 Å². The zero-order valence-corrected chi connectivity index (χ0v) is 21.9. The highest BCUT2D eigenvalue weighted by Gasteiger charge is 2.27. The zero-order valence-electron chi connectivity index (χ0n) is 21.9. The zero-order chi connectivity index (χ0) is 24.6. The van der Waals surface area contributed by atoms with Crippen molar-refractivity contribution in [1.82, 2.24) is 29.7 Å². The maximum absolute atomic E-state index is 5.01. The van der Waals surface area contributed by atoms with E-state index in [4.69, 9.17) is 15.0 Å². The Kier molecular flexibility index (Phi) is 6.59. The maximum Gasteiger partial charge on any atom is 0.0980 e. The lowest BCUT2D eigenvalue weighted by Gasteiger charge is -2.22. The predicted molar refractivity (Wildman–Crippen MR) is 145 cm³/mol. The van der Waals surface area contributed by atoms with Crippen LogP contribution in [0, 0.1) is 0 Å². The van der Waals surface area contributed by atoms with Crippen LogP contribution >= 0.6 is 0 Å². The molecule has 3 atom stereocenters. The molecule has 3 aliphatic heterocycles. The average molecular weight is 483 g/mol. The van der Waals surface area contributed by atoms with E-state index < -0.39 is 0 Å². The fraction of sp³-hybridized carbons (Fsp3) is 0.500. The lowest BCUT2D eigenvalue weighted by Crippen LogP contribution is -2.18. The number of aromatic nitrogens is 3. The van der Waals surface area contributed by atoms with Gasteiger partial charge in [0.2, 0.25) is 0 Å². The van der Waals surface area contributed by atoms with Gasteiger partial charge in [-0.2, -0.15) is 0 Å². The van der Waals surface area contributed by atoms with E-state index in [1.165, 1.54) is 55.2 Å². The first kappa shape index (κ1) is 23.7. The third-order valence-electron chi connectivity index (χ3n) is 8.72. The van der Waals surface area contributed by atoms with Gasteiger partial charge in [-0.15, -0.1) is 0 Å². The van der Waals surface area contributed by atoms with Crippen LogP contribution in [0.1, 0.15) is 73.3 Å². The van der Waals surface area contributed by atoms with Crippen molar-refractivity contribution in [2.75, 3.05) is 40.8 Å². The SMILES string of the molecule is CN1CCCC1c1ccc(-c2cc(C3CCCN3C)cnc2-c2ccc(C3CCCN3C)cn2)nc1. The number of pyridine rings is 3. The number of likely N-dealkylation sites (tertiary alicyclic amines) is 3. The van der Waals surface area contributed by atoms with Crippen LogP contribution in [-0.4, -0.2) is 70.4 Å². The Morgan fingerprint density at radius 1 is 0.583 bits per heavy atom. The largest absolute Gasteiger partial charge is 0.299 e. The molecule has 3 fully saturated rings. The van der Waals surface area contributed by atoms with E-state index in [1.807, 2.05) is 0 Å². The minimum Gasteiger partial charge on any atom is -0.299 e. The fourth-order valence-corrected chi connectivity index (χ4v) is 6.56. The molecule has 188 valence electrons. The summed E-state index contributed by atoms with van der Waals surface area (Å²) in [5.41, 5.74) is 7.78. The molecule has 3 aromatic heterocycles. The Bertz CT molecular complexity index is 1190. The molecule has 3 unspecified atom stereocenters. The van der Waals surface area contributed by atoms with E-state index in [2.05, 4.69) is 84.8 Å². The Hall–Kier alpha value is -2.67. The summed E-state index contributed by atoms with van der Waals surface area (Å²) in [6.45, 7) is 3.46. The second-order valence-electron chi connectivity index (χ2n) is 11.0. The van der Waals surface area contributed by atoms with Gasteiger partial charge in [0.25, 0.3) is 0 Å². The number of nitrogens with zero attached hydrogens (tertiary/aromatic N) is 6. The normalized spacial score (nSPS) is 25.7. The standard InChI is InChI=1S/C30H38N6/c1-34-14-4-7-27(34)21-10-12-25(31-18-21)24-17-23(29-9-6-16-36(29)3)20-33-30(24)26-13-11-22(19-32-26)28-8-5-15-35(28)2/h10-13,17-20,27-29H,4-9,14-16H2,1-3H3. The van der Waals surface area contributed by atoms with Crippen molar-refractivity contribution >= 4 is 0 Å². The molecule has 0 radical (unpaired) electrons. The van der Waals surface area contributed by atoms with Crippen molar-refractivity contribution in [3.63, 3.8) is 0 Å². The molecule has 0 aromatic carbocycles. The Labute approximate surface area is 215 Å². The van der Waals surface area contributed by atoms with E-state index in [0.29, 0.717) is 18.1 Å². The summed E-state index contributed by atoms with van der Waals surface area (Å²) in [6, 6.07) is 12.5. The van der Waals surface area contributed by atoms with Gasteiger partial charge in [0, 0.05) is 42.3 Å². The molecule has 0 bridgehead atoms. The fourth-order valence-electron chi connectivity index (χ4n) is 6.56. The number of hydrogen-bond donors (Lipinski definition) is 0. The molecule has 36 heavy (non-hydrogen) atoms. The van der Waals surface area contributed by atoms with Crippen LogP contribution in [0.15, 0.2) is 48.9 Å². The van der Waals surface area contributed by atoms with Crippen LogP contribution < -0.4 is 0 Å². The molecular formula is C30H38N6. The van der Waals surface area contributed by atoms with Crippen LogP contribution in [0.25, 0.3) is 22.6 Å². The van der Waals surface area contributed by atoms with Crippen molar-refractivity contribution in [2.24, 2.45) is 0 Å². The van der Waals surface area contributed by atoms with Gasteiger partial charge in [0.1, 0.15) is 0 Å². The van der Waals surface area contributed by atoms with Crippen LogP contribution in [0.5, 0.6) is 0 Å². The van der Waals surface area contributed by atoms with Crippen molar-refractivity contribution in [3.05, 3.63) is 65.6 Å². The van der Waals surface area contributed by atoms with E-state index >= 15 is 0 Å². The molecule has 3 aliphatic rings. The van der Waals surface area contributed by atoms with Crippen LogP contribution in [-0.2, 0) is 0 Å². The lowest BCUT2D eigenvalue weighted by molar-refractivity contribution is 0.317. The Morgan fingerprint density at radius 3 is 1.50 bits per heavy atom. The molecule has 0 N–H and O–H groups in total. The smallest absolute Gasteiger partial charge is 0.0980 e. The molecular weight excluding hydrogens is 444 g/mol. The highest BCUT2D eigenvalue weighted by Crippen LogP contribution is 2.37. The predicted octanol–water partition coefficient (Wildman–Crippen LogP) is 5.51. The van der Waals surface area contributed by atoms with Crippen LogP contribution in [0.2, 0.25) is 0 Å². The molecule has 6 nitrogen and oxygen atoms in total. The number of hydrogen-bond acceptors (Lipinski definition) is 6. The van der Waals surface area contributed by atoms with Crippen LogP contribution in [0.3, 0.4) is 0 Å². The summed E-state index contributed by atoms with van der Waals surface area (Å²) in [7, 11) is 6.65. The average Bonchev–Trinajstić information content (AvgIpc) is 3.65. The molecule has 3 saturated heterocycles. The molecule has 6 rings (SSSR count). The van der Waals surface area contributed by atoms with E-state index in [0.717, 1.165) is 42.3 Å². The summed E-state index contributed by atoms with van der Waals surface area (Å²) in [5.74, 6) is 0. The lowest BCUT2D eigenvalue weighted by atomic mass is 9.98. The summed E-state index contributed by atoms with van der Waals surface area (Å²) in [4.78, 5) is 22.2. The van der Waals surface area contributed by atoms with Crippen molar-refractivity contribution < 1.29 is 0 Å². The quantitative estimate of drug-likeness (QED) is 0.478. The minimum absolute atomic E-state index is 0.421. The van der Waals surface area contributed by atoms with E-state index in [1.54, 1.807) is 0 Å². The second kappa shape index (κ2) is 10.0. The monoisotopic (exact) mass is 482 g/mol. The van der Waals surface area contributed by atoms with E-state index in [9.17, 15) is 0 Å².